The lowest BCUT2D eigenvalue weighted by molar-refractivity contribution is -0.122. The SMILES string of the molecule is Cc1nn(CC(=O)NCc2cccc(OCCN(C)C3CCOCC3)c2)c(C)c1Cl. The van der Waals surface area contributed by atoms with Crippen molar-refractivity contribution in [1.82, 2.24) is 20.0 Å². The molecule has 1 aromatic heterocycles. The largest absolute Gasteiger partial charge is 0.492 e. The molecule has 2 heterocycles. The second-order valence-corrected chi connectivity index (χ2v) is 8.12. The van der Waals surface area contributed by atoms with Crippen molar-refractivity contribution < 1.29 is 14.3 Å². The maximum absolute atomic E-state index is 12.3. The Morgan fingerprint density at radius 2 is 2.13 bits per heavy atom. The van der Waals surface area contributed by atoms with Gasteiger partial charge in [0.1, 0.15) is 18.9 Å². The highest BCUT2D eigenvalue weighted by molar-refractivity contribution is 6.31. The molecule has 0 aliphatic carbocycles. The lowest BCUT2D eigenvalue weighted by Gasteiger charge is -2.31. The third-order valence-corrected chi connectivity index (χ3v) is 6.05. The second kappa shape index (κ2) is 10.8. The average molecular weight is 435 g/mol. The maximum Gasteiger partial charge on any atom is 0.242 e. The molecule has 8 heteroatoms. The van der Waals surface area contributed by atoms with E-state index in [0.29, 0.717) is 24.2 Å². The summed E-state index contributed by atoms with van der Waals surface area (Å²) in [7, 11) is 2.14. The monoisotopic (exact) mass is 434 g/mol. The Balaban J connectivity index is 1.43. The quantitative estimate of drug-likeness (QED) is 0.657. The van der Waals surface area contributed by atoms with Gasteiger partial charge >= 0.3 is 0 Å². The van der Waals surface area contributed by atoms with Crippen LogP contribution < -0.4 is 10.1 Å². The molecule has 1 aliphatic heterocycles. The standard InChI is InChI=1S/C22H31ClN4O3/c1-16-22(23)17(2)27(25-16)15-21(28)24-14-18-5-4-6-20(13-18)30-12-9-26(3)19-7-10-29-11-8-19/h4-6,13,19H,7-12,14-15H2,1-3H3,(H,24,28). The van der Waals surface area contributed by atoms with E-state index < -0.39 is 0 Å². The Kier molecular flexibility index (Phi) is 8.13. The van der Waals surface area contributed by atoms with Gasteiger partial charge < -0.3 is 14.8 Å². The number of carbonyl (C=O) groups is 1. The van der Waals surface area contributed by atoms with Crippen molar-refractivity contribution in [2.75, 3.05) is 33.4 Å². The number of aryl methyl sites for hydroxylation is 1. The molecule has 1 amide bonds. The first-order valence-corrected chi connectivity index (χ1v) is 10.8. The lowest BCUT2D eigenvalue weighted by atomic mass is 10.1. The van der Waals surface area contributed by atoms with Gasteiger partial charge in [0.2, 0.25) is 5.91 Å². The van der Waals surface area contributed by atoms with Gasteiger partial charge in [-0.15, -0.1) is 0 Å². The van der Waals surface area contributed by atoms with Crippen LogP contribution in [0.4, 0.5) is 0 Å². The van der Waals surface area contributed by atoms with Crippen LogP contribution in [0.15, 0.2) is 24.3 Å². The van der Waals surface area contributed by atoms with E-state index in [1.807, 2.05) is 38.1 Å². The molecule has 7 nitrogen and oxygen atoms in total. The number of ether oxygens (including phenoxy) is 2. The molecule has 0 bridgehead atoms. The summed E-state index contributed by atoms with van der Waals surface area (Å²) in [4.78, 5) is 14.6. The minimum atomic E-state index is -0.110. The highest BCUT2D eigenvalue weighted by Gasteiger charge is 2.18. The van der Waals surface area contributed by atoms with Crippen molar-refractivity contribution in [1.29, 1.82) is 0 Å². The van der Waals surface area contributed by atoms with Crippen LogP contribution in [-0.4, -0.2) is 60.0 Å². The average Bonchev–Trinajstić information content (AvgIpc) is 2.99. The normalized spacial score (nSPS) is 14.8. The van der Waals surface area contributed by atoms with Gasteiger partial charge in [-0.1, -0.05) is 23.7 Å². The molecule has 1 fully saturated rings. The van der Waals surface area contributed by atoms with Gasteiger partial charge in [-0.2, -0.15) is 5.10 Å². The number of hydrogen-bond donors (Lipinski definition) is 1. The molecule has 1 saturated heterocycles. The summed E-state index contributed by atoms with van der Waals surface area (Å²) in [5, 5.41) is 7.83. The number of likely N-dealkylation sites (N-methyl/N-ethyl adjacent to an activating group) is 1. The summed E-state index contributed by atoms with van der Waals surface area (Å²) in [6, 6.07) is 8.40. The number of halogens is 1. The van der Waals surface area contributed by atoms with Crippen LogP contribution in [0, 0.1) is 13.8 Å². The fourth-order valence-electron chi connectivity index (χ4n) is 3.58. The number of nitrogens with one attached hydrogen (secondary N) is 1. The number of carbonyl (C=O) groups excluding carboxylic acids is 1. The predicted molar refractivity (Wildman–Crippen MR) is 117 cm³/mol. The molecule has 0 spiro atoms. The molecule has 0 unspecified atom stereocenters. The van der Waals surface area contributed by atoms with Gasteiger partial charge in [0.05, 0.1) is 16.4 Å². The van der Waals surface area contributed by atoms with E-state index in [-0.39, 0.29) is 12.5 Å². The van der Waals surface area contributed by atoms with Gasteiger partial charge in [-0.05, 0) is 51.4 Å². The van der Waals surface area contributed by atoms with Crippen LogP contribution in [0.2, 0.25) is 5.02 Å². The summed E-state index contributed by atoms with van der Waals surface area (Å²) in [5.41, 5.74) is 2.52. The molecule has 1 aromatic carbocycles. The third kappa shape index (κ3) is 6.20. The Hall–Kier alpha value is -2.09. The molecular formula is C22H31ClN4O3. The molecule has 30 heavy (non-hydrogen) atoms. The maximum atomic E-state index is 12.3. The van der Waals surface area contributed by atoms with Crippen molar-refractivity contribution >= 4 is 17.5 Å². The smallest absolute Gasteiger partial charge is 0.242 e. The molecule has 0 atom stereocenters. The molecule has 1 N–H and O–H groups in total. The number of benzene rings is 1. The van der Waals surface area contributed by atoms with Gasteiger partial charge in [-0.3, -0.25) is 14.4 Å². The zero-order chi connectivity index (χ0) is 21.5. The van der Waals surface area contributed by atoms with Crippen LogP contribution in [0.25, 0.3) is 0 Å². The zero-order valence-electron chi connectivity index (χ0n) is 18.0. The van der Waals surface area contributed by atoms with E-state index >= 15 is 0 Å². The third-order valence-electron chi connectivity index (χ3n) is 5.50. The second-order valence-electron chi connectivity index (χ2n) is 7.74. The number of amides is 1. The Labute approximate surface area is 183 Å². The molecule has 0 saturated carbocycles. The van der Waals surface area contributed by atoms with E-state index in [0.717, 1.165) is 55.3 Å². The molecule has 164 valence electrons. The summed E-state index contributed by atoms with van der Waals surface area (Å²) in [6.45, 7) is 7.46. The van der Waals surface area contributed by atoms with Crippen LogP contribution in [-0.2, 0) is 22.6 Å². The van der Waals surface area contributed by atoms with E-state index in [2.05, 4.69) is 22.4 Å². The number of aromatic nitrogens is 2. The molecule has 3 rings (SSSR count). The van der Waals surface area contributed by atoms with Crippen molar-refractivity contribution in [3.63, 3.8) is 0 Å². The molecule has 2 aromatic rings. The summed E-state index contributed by atoms with van der Waals surface area (Å²) in [5.74, 6) is 0.703. The predicted octanol–water partition coefficient (Wildman–Crippen LogP) is 2.96. The van der Waals surface area contributed by atoms with Gasteiger partial charge in [-0.25, -0.2) is 0 Å². The Morgan fingerprint density at radius 3 is 2.83 bits per heavy atom. The minimum Gasteiger partial charge on any atom is -0.492 e. The van der Waals surface area contributed by atoms with Crippen LogP contribution in [0.1, 0.15) is 29.8 Å². The molecule has 1 aliphatic rings. The van der Waals surface area contributed by atoms with Crippen molar-refractivity contribution in [2.45, 2.75) is 45.8 Å². The van der Waals surface area contributed by atoms with E-state index in [1.165, 1.54) is 0 Å². The summed E-state index contributed by atoms with van der Waals surface area (Å²) < 4.78 is 13.0. The Bertz CT molecular complexity index is 849. The van der Waals surface area contributed by atoms with E-state index in [1.54, 1.807) is 4.68 Å². The van der Waals surface area contributed by atoms with Crippen molar-refractivity contribution in [3.8, 4) is 5.75 Å². The first-order valence-electron chi connectivity index (χ1n) is 10.4. The van der Waals surface area contributed by atoms with Gasteiger partial charge in [0.25, 0.3) is 0 Å². The van der Waals surface area contributed by atoms with Crippen molar-refractivity contribution in [2.24, 2.45) is 0 Å². The summed E-state index contributed by atoms with van der Waals surface area (Å²) in [6.07, 6.45) is 2.16. The fraction of sp³-hybridized carbons (Fsp3) is 0.545. The number of hydrogen-bond acceptors (Lipinski definition) is 5. The fourth-order valence-corrected chi connectivity index (χ4v) is 3.72. The van der Waals surface area contributed by atoms with Gasteiger partial charge in [0, 0.05) is 32.3 Å². The lowest BCUT2D eigenvalue weighted by Crippen LogP contribution is -2.38. The minimum absolute atomic E-state index is 0.110. The highest BCUT2D eigenvalue weighted by Crippen LogP contribution is 2.19. The topological polar surface area (TPSA) is 68.6 Å². The molecular weight excluding hydrogens is 404 g/mol. The van der Waals surface area contributed by atoms with Gasteiger partial charge in [0.15, 0.2) is 0 Å². The summed E-state index contributed by atoms with van der Waals surface area (Å²) >= 11 is 6.14. The van der Waals surface area contributed by atoms with Crippen LogP contribution in [0.5, 0.6) is 5.75 Å². The zero-order valence-corrected chi connectivity index (χ0v) is 18.7. The van der Waals surface area contributed by atoms with E-state index in [4.69, 9.17) is 21.1 Å². The number of nitrogens with zero attached hydrogens (tertiary/aromatic N) is 3. The molecule has 0 radical (unpaired) electrons. The van der Waals surface area contributed by atoms with E-state index in [9.17, 15) is 4.79 Å². The van der Waals surface area contributed by atoms with Crippen LogP contribution in [0.3, 0.4) is 0 Å². The van der Waals surface area contributed by atoms with Crippen LogP contribution >= 0.6 is 11.6 Å². The number of rotatable bonds is 9. The van der Waals surface area contributed by atoms with Crippen molar-refractivity contribution in [3.05, 3.63) is 46.2 Å². The first-order chi connectivity index (χ1) is 14.4. The Morgan fingerprint density at radius 1 is 1.37 bits per heavy atom. The first kappa shape index (κ1) is 22.6. The highest BCUT2D eigenvalue weighted by atomic mass is 35.5.